The molecule has 1 nitrogen and oxygen atoms in total. The van der Waals surface area contributed by atoms with Gasteiger partial charge in [-0.1, -0.05) is 102 Å². The molecule has 1 radical (unpaired) electrons. The summed E-state index contributed by atoms with van der Waals surface area (Å²) in [6.45, 7) is 0. The summed E-state index contributed by atoms with van der Waals surface area (Å²) in [6, 6.07) is 31.5. The molecule has 0 amide bonds. The van der Waals surface area contributed by atoms with Crippen molar-refractivity contribution >= 4 is 19.2 Å². The molecule has 0 saturated carbocycles. The van der Waals surface area contributed by atoms with E-state index in [0.29, 0.717) is 0 Å². The predicted octanol–water partition coefficient (Wildman–Crippen LogP) is 3.94. The van der Waals surface area contributed by atoms with E-state index >= 15 is 0 Å². The maximum atomic E-state index is 5.48. The zero-order valence-electron chi connectivity index (χ0n) is 14.1. The van der Waals surface area contributed by atoms with Crippen LogP contribution in [-0.4, -0.2) is 15.9 Å². The Balaban J connectivity index is 1.73. The van der Waals surface area contributed by atoms with E-state index in [-0.39, 0.29) is 0 Å². The van der Waals surface area contributed by atoms with Gasteiger partial charge >= 0.3 is 0 Å². The van der Waals surface area contributed by atoms with Crippen molar-refractivity contribution in [3.8, 4) is 5.75 Å². The van der Waals surface area contributed by atoms with Crippen LogP contribution in [0.15, 0.2) is 84.9 Å². The van der Waals surface area contributed by atoms with Gasteiger partial charge in [0, 0.05) is 0 Å². The Morgan fingerprint density at radius 2 is 1.25 bits per heavy atom. The summed E-state index contributed by atoms with van der Waals surface area (Å²) < 4.78 is 5.48. The molecule has 0 aliphatic carbocycles. The van der Waals surface area contributed by atoms with E-state index in [1.807, 2.05) is 6.07 Å². The number of methoxy groups -OCH3 is 1. The summed E-state index contributed by atoms with van der Waals surface area (Å²) in [6.07, 6.45) is 2.25. The Hall–Kier alpha value is -2.32. The monoisotopic (exact) mass is 331 g/mol. The summed E-state index contributed by atoms with van der Waals surface area (Å²) in [4.78, 5) is 0. The third-order valence-electron chi connectivity index (χ3n) is 4.31. The molecule has 24 heavy (non-hydrogen) atoms. The molecular weight excluding hydrogens is 308 g/mol. The van der Waals surface area contributed by atoms with Crippen LogP contribution < -0.4 is 15.1 Å². The van der Waals surface area contributed by atoms with Crippen molar-refractivity contribution in [3.05, 3.63) is 90.5 Å². The molecule has 0 aliphatic rings. The fourth-order valence-corrected chi connectivity index (χ4v) is 5.73. The number of hydrogen-bond donors (Lipinski definition) is 0. The van der Waals surface area contributed by atoms with E-state index in [0.717, 1.165) is 12.2 Å². The van der Waals surface area contributed by atoms with Crippen LogP contribution in [0.5, 0.6) is 5.75 Å². The molecule has 3 aromatic rings. The SMILES string of the molecule is COc1ccccc1CCC[Si](c1ccccc1)c1ccccc1. The van der Waals surface area contributed by atoms with E-state index in [9.17, 15) is 0 Å². The Bertz CT molecular complexity index is 701. The van der Waals surface area contributed by atoms with Gasteiger partial charge < -0.3 is 4.74 Å². The summed E-state index contributed by atoms with van der Waals surface area (Å²) >= 11 is 0. The first kappa shape index (κ1) is 16.5. The molecule has 3 aromatic carbocycles. The number of hydrogen-bond acceptors (Lipinski definition) is 1. The van der Waals surface area contributed by atoms with Gasteiger partial charge in [0.05, 0.1) is 7.11 Å². The Morgan fingerprint density at radius 3 is 1.83 bits per heavy atom. The normalized spacial score (nSPS) is 10.8. The van der Waals surface area contributed by atoms with Gasteiger partial charge in [-0.3, -0.25) is 0 Å². The van der Waals surface area contributed by atoms with Crippen molar-refractivity contribution in [1.82, 2.24) is 0 Å². The fraction of sp³-hybridized carbons (Fsp3) is 0.182. The fourth-order valence-electron chi connectivity index (χ4n) is 3.10. The van der Waals surface area contributed by atoms with Gasteiger partial charge in [0.25, 0.3) is 0 Å². The lowest BCUT2D eigenvalue weighted by Gasteiger charge is -2.16. The van der Waals surface area contributed by atoms with Gasteiger partial charge in [-0.15, -0.1) is 0 Å². The molecule has 0 unspecified atom stereocenters. The number of benzene rings is 3. The average Bonchev–Trinajstić information content (AvgIpc) is 2.67. The molecular formula is C22H23OSi. The first-order valence-electron chi connectivity index (χ1n) is 8.47. The van der Waals surface area contributed by atoms with Crippen molar-refractivity contribution in [2.24, 2.45) is 0 Å². The van der Waals surface area contributed by atoms with E-state index in [2.05, 4.69) is 78.9 Å². The van der Waals surface area contributed by atoms with E-state index < -0.39 is 8.80 Å². The van der Waals surface area contributed by atoms with Crippen LogP contribution in [0.25, 0.3) is 0 Å². The van der Waals surface area contributed by atoms with Crippen LogP contribution in [0.4, 0.5) is 0 Å². The van der Waals surface area contributed by atoms with Gasteiger partial charge in [-0.25, -0.2) is 0 Å². The zero-order chi connectivity index (χ0) is 16.6. The molecule has 121 valence electrons. The maximum absolute atomic E-state index is 5.48. The minimum atomic E-state index is -0.729. The highest BCUT2D eigenvalue weighted by Gasteiger charge is 2.16. The third-order valence-corrected chi connectivity index (χ3v) is 7.22. The minimum absolute atomic E-state index is 0.729. The zero-order valence-corrected chi connectivity index (χ0v) is 15.1. The molecule has 3 rings (SSSR count). The summed E-state index contributed by atoms with van der Waals surface area (Å²) in [5.41, 5.74) is 1.31. The van der Waals surface area contributed by atoms with Crippen molar-refractivity contribution in [2.75, 3.05) is 7.11 Å². The van der Waals surface area contributed by atoms with Crippen LogP contribution >= 0.6 is 0 Å². The van der Waals surface area contributed by atoms with Gasteiger partial charge in [-0.05, 0) is 18.1 Å². The van der Waals surface area contributed by atoms with Crippen molar-refractivity contribution in [2.45, 2.75) is 18.9 Å². The molecule has 0 heterocycles. The van der Waals surface area contributed by atoms with Gasteiger partial charge in [0.1, 0.15) is 14.5 Å². The highest BCUT2D eigenvalue weighted by Crippen LogP contribution is 2.20. The van der Waals surface area contributed by atoms with Gasteiger partial charge in [0.2, 0.25) is 0 Å². The summed E-state index contributed by atoms with van der Waals surface area (Å²) in [7, 11) is 1.02. The summed E-state index contributed by atoms with van der Waals surface area (Å²) in [5.74, 6) is 1.01. The smallest absolute Gasteiger partial charge is 0.122 e. The summed E-state index contributed by atoms with van der Waals surface area (Å²) in [5, 5.41) is 2.99. The number of rotatable bonds is 7. The highest BCUT2D eigenvalue weighted by atomic mass is 28.3. The predicted molar refractivity (Wildman–Crippen MR) is 104 cm³/mol. The number of para-hydroxylation sites is 1. The standard InChI is InChI=1S/C22H23OSi/c1-23-22-17-9-8-11-19(22)12-10-18-24(20-13-4-2-5-14-20)21-15-6-3-7-16-21/h2-9,11,13-17H,10,12,18H2,1H3. The van der Waals surface area contributed by atoms with Crippen LogP contribution in [0.3, 0.4) is 0 Å². The molecule has 0 atom stereocenters. The number of ether oxygens (including phenoxy) is 1. The molecule has 0 saturated heterocycles. The van der Waals surface area contributed by atoms with Gasteiger partial charge in [0.15, 0.2) is 0 Å². The second-order valence-electron chi connectivity index (χ2n) is 5.88. The molecule has 0 bridgehead atoms. The lowest BCUT2D eigenvalue weighted by atomic mass is 10.1. The van der Waals surface area contributed by atoms with E-state index in [1.165, 1.54) is 28.4 Å². The van der Waals surface area contributed by atoms with Crippen molar-refractivity contribution in [1.29, 1.82) is 0 Å². The van der Waals surface area contributed by atoms with E-state index in [4.69, 9.17) is 4.74 Å². The first-order chi connectivity index (χ1) is 11.9. The molecule has 0 spiro atoms. The minimum Gasteiger partial charge on any atom is -0.496 e. The second-order valence-corrected chi connectivity index (χ2v) is 8.49. The van der Waals surface area contributed by atoms with Crippen LogP contribution in [-0.2, 0) is 6.42 Å². The van der Waals surface area contributed by atoms with Crippen LogP contribution in [0.2, 0.25) is 6.04 Å². The first-order valence-corrected chi connectivity index (χ1v) is 10.2. The van der Waals surface area contributed by atoms with Crippen molar-refractivity contribution in [3.63, 3.8) is 0 Å². The Morgan fingerprint density at radius 1 is 0.708 bits per heavy atom. The number of aryl methyl sites for hydroxylation is 1. The lowest BCUT2D eigenvalue weighted by molar-refractivity contribution is 0.409. The quantitative estimate of drug-likeness (QED) is 0.596. The topological polar surface area (TPSA) is 9.23 Å². The Labute approximate surface area is 146 Å². The van der Waals surface area contributed by atoms with Gasteiger partial charge in [-0.2, -0.15) is 0 Å². The molecule has 0 aliphatic heterocycles. The average molecular weight is 332 g/mol. The van der Waals surface area contributed by atoms with Crippen molar-refractivity contribution < 1.29 is 4.74 Å². The molecule has 0 fully saturated rings. The second kappa shape index (κ2) is 8.51. The van der Waals surface area contributed by atoms with E-state index in [1.54, 1.807) is 7.11 Å². The molecule has 2 heteroatoms. The van der Waals surface area contributed by atoms with Crippen LogP contribution in [0, 0.1) is 0 Å². The largest absolute Gasteiger partial charge is 0.496 e. The molecule has 0 N–H and O–H groups in total. The van der Waals surface area contributed by atoms with Crippen LogP contribution in [0.1, 0.15) is 12.0 Å². The lowest BCUT2D eigenvalue weighted by Crippen LogP contribution is -2.41. The Kier molecular flexibility index (Phi) is 5.86. The third kappa shape index (κ3) is 4.15. The highest BCUT2D eigenvalue weighted by molar-refractivity contribution is 6.85. The maximum Gasteiger partial charge on any atom is 0.122 e. The molecule has 0 aromatic heterocycles.